The molecule has 0 saturated carbocycles. The molecular weight excluding hydrogens is 384 g/mol. The van der Waals surface area contributed by atoms with Crippen molar-refractivity contribution in [3.63, 3.8) is 0 Å². The number of carbonyl (C=O) groups is 1. The lowest BCUT2D eigenvalue weighted by Crippen LogP contribution is -2.19. The van der Waals surface area contributed by atoms with Gasteiger partial charge in [-0.05, 0) is 41.6 Å². The standard InChI is InChI=1S/C16H10BrClN2OS/c17-11-6-2-1-5-10(11)9-14-15(21)20-16(22-14)19-13-8-4-3-7-12(13)18/h1-9H,(H,19,20,21). The lowest BCUT2D eigenvalue weighted by Gasteiger charge is -1.98. The number of aliphatic imine (C=N–C) groups is 1. The van der Waals surface area contributed by atoms with Gasteiger partial charge < -0.3 is 5.32 Å². The van der Waals surface area contributed by atoms with Gasteiger partial charge in [0.05, 0.1) is 15.6 Å². The van der Waals surface area contributed by atoms with Gasteiger partial charge in [0.25, 0.3) is 5.91 Å². The Hall–Kier alpha value is -1.56. The third-order valence-corrected chi connectivity index (χ3v) is 4.87. The topological polar surface area (TPSA) is 41.5 Å². The number of hydrogen-bond donors (Lipinski definition) is 1. The molecule has 1 aliphatic heterocycles. The number of rotatable bonds is 2. The first kappa shape index (κ1) is 15.3. The molecule has 6 heteroatoms. The smallest absolute Gasteiger partial charge is 0.264 e. The van der Waals surface area contributed by atoms with Crippen molar-refractivity contribution in [2.45, 2.75) is 0 Å². The molecule has 2 aromatic carbocycles. The Morgan fingerprint density at radius 2 is 1.86 bits per heavy atom. The molecule has 0 unspecified atom stereocenters. The molecule has 1 aliphatic rings. The summed E-state index contributed by atoms with van der Waals surface area (Å²) in [5.74, 6) is -0.161. The normalized spacial score (nSPS) is 18.0. The van der Waals surface area contributed by atoms with Gasteiger partial charge in [0.2, 0.25) is 0 Å². The Morgan fingerprint density at radius 3 is 2.64 bits per heavy atom. The maximum absolute atomic E-state index is 12.0. The highest BCUT2D eigenvalue weighted by Crippen LogP contribution is 2.31. The largest absolute Gasteiger partial charge is 0.300 e. The number of para-hydroxylation sites is 1. The first-order valence-corrected chi connectivity index (χ1v) is 8.41. The van der Waals surface area contributed by atoms with Crippen molar-refractivity contribution in [2.24, 2.45) is 4.99 Å². The van der Waals surface area contributed by atoms with Gasteiger partial charge in [-0.3, -0.25) is 4.79 Å². The fourth-order valence-corrected chi connectivity index (χ4v) is 3.27. The van der Waals surface area contributed by atoms with E-state index in [1.807, 2.05) is 42.5 Å². The third-order valence-electron chi connectivity index (χ3n) is 2.92. The van der Waals surface area contributed by atoms with Crippen LogP contribution >= 0.6 is 39.3 Å². The molecule has 2 aromatic rings. The average Bonchev–Trinajstić information content (AvgIpc) is 2.84. The zero-order chi connectivity index (χ0) is 15.5. The number of nitrogens with zero attached hydrogens (tertiary/aromatic N) is 1. The van der Waals surface area contributed by atoms with E-state index in [4.69, 9.17) is 11.6 Å². The Balaban J connectivity index is 1.88. The monoisotopic (exact) mass is 392 g/mol. The fourth-order valence-electron chi connectivity index (χ4n) is 1.87. The Kier molecular flexibility index (Phi) is 4.66. The summed E-state index contributed by atoms with van der Waals surface area (Å²) in [5.41, 5.74) is 1.58. The number of benzene rings is 2. The average molecular weight is 394 g/mol. The van der Waals surface area contributed by atoms with Crippen LogP contribution in [0.4, 0.5) is 5.69 Å². The molecule has 1 saturated heterocycles. The number of thioether (sulfide) groups is 1. The highest BCUT2D eigenvalue weighted by atomic mass is 79.9. The molecule has 110 valence electrons. The zero-order valence-corrected chi connectivity index (χ0v) is 14.4. The quantitative estimate of drug-likeness (QED) is 0.730. The van der Waals surface area contributed by atoms with Gasteiger partial charge in [-0.15, -0.1) is 0 Å². The second-order valence-electron chi connectivity index (χ2n) is 4.45. The summed E-state index contributed by atoms with van der Waals surface area (Å²) in [5, 5.41) is 3.82. The summed E-state index contributed by atoms with van der Waals surface area (Å²) >= 11 is 10.8. The second-order valence-corrected chi connectivity index (χ2v) is 6.75. The maximum Gasteiger partial charge on any atom is 0.264 e. The molecular formula is C16H10BrClN2OS. The maximum atomic E-state index is 12.0. The minimum atomic E-state index is -0.161. The lowest BCUT2D eigenvalue weighted by molar-refractivity contribution is -0.115. The molecule has 3 nitrogen and oxygen atoms in total. The predicted molar refractivity (Wildman–Crippen MR) is 96.4 cm³/mol. The summed E-state index contributed by atoms with van der Waals surface area (Å²) < 4.78 is 0.937. The summed E-state index contributed by atoms with van der Waals surface area (Å²) in [6.07, 6.45) is 1.83. The summed E-state index contributed by atoms with van der Waals surface area (Å²) in [6, 6.07) is 15.0. The van der Waals surface area contributed by atoms with Gasteiger partial charge in [-0.1, -0.05) is 57.9 Å². The molecule has 22 heavy (non-hydrogen) atoms. The van der Waals surface area contributed by atoms with Gasteiger partial charge in [0.1, 0.15) is 0 Å². The van der Waals surface area contributed by atoms with E-state index in [1.54, 1.807) is 12.1 Å². The van der Waals surface area contributed by atoms with Crippen LogP contribution in [0.15, 0.2) is 62.9 Å². The molecule has 1 amide bonds. The number of halogens is 2. The van der Waals surface area contributed by atoms with Crippen molar-refractivity contribution in [1.82, 2.24) is 5.32 Å². The Labute approximate surface area is 145 Å². The van der Waals surface area contributed by atoms with Crippen molar-refractivity contribution in [2.75, 3.05) is 0 Å². The molecule has 0 atom stereocenters. The molecule has 0 spiro atoms. The van der Waals surface area contributed by atoms with Crippen molar-refractivity contribution >= 4 is 62.1 Å². The summed E-state index contributed by atoms with van der Waals surface area (Å²) in [7, 11) is 0. The van der Waals surface area contributed by atoms with E-state index in [0.29, 0.717) is 20.8 Å². The lowest BCUT2D eigenvalue weighted by atomic mass is 10.2. The van der Waals surface area contributed by atoms with Crippen LogP contribution < -0.4 is 5.32 Å². The van der Waals surface area contributed by atoms with Crippen LogP contribution in [0.3, 0.4) is 0 Å². The van der Waals surface area contributed by atoms with Gasteiger partial charge in [0, 0.05) is 4.47 Å². The zero-order valence-electron chi connectivity index (χ0n) is 11.2. The van der Waals surface area contributed by atoms with E-state index in [-0.39, 0.29) is 5.91 Å². The van der Waals surface area contributed by atoms with Gasteiger partial charge >= 0.3 is 0 Å². The molecule has 3 rings (SSSR count). The van der Waals surface area contributed by atoms with Gasteiger partial charge in [0.15, 0.2) is 5.17 Å². The first-order valence-electron chi connectivity index (χ1n) is 6.42. The highest BCUT2D eigenvalue weighted by molar-refractivity contribution is 9.10. The molecule has 0 radical (unpaired) electrons. The molecule has 0 bridgehead atoms. The number of carbonyl (C=O) groups excluding carboxylic acids is 1. The van der Waals surface area contributed by atoms with Crippen LogP contribution in [0.25, 0.3) is 6.08 Å². The molecule has 1 fully saturated rings. The van der Waals surface area contributed by atoms with Crippen LogP contribution in [-0.2, 0) is 4.79 Å². The van der Waals surface area contributed by atoms with Crippen LogP contribution in [0.5, 0.6) is 0 Å². The molecule has 0 aromatic heterocycles. The molecule has 1 heterocycles. The van der Waals surface area contributed by atoms with E-state index in [9.17, 15) is 4.79 Å². The third kappa shape index (κ3) is 3.43. The van der Waals surface area contributed by atoms with E-state index < -0.39 is 0 Å². The van der Waals surface area contributed by atoms with Crippen LogP contribution in [-0.4, -0.2) is 11.1 Å². The Bertz CT molecular complexity index is 804. The predicted octanol–water partition coefficient (Wildman–Crippen LogP) is 4.99. The fraction of sp³-hybridized carbons (Fsp3) is 0. The second kappa shape index (κ2) is 6.69. The number of amides is 1. The van der Waals surface area contributed by atoms with Crippen molar-refractivity contribution < 1.29 is 4.79 Å². The van der Waals surface area contributed by atoms with Crippen molar-refractivity contribution in [1.29, 1.82) is 0 Å². The summed E-state index contributed by atoms with van der Waals surface area (Å²) in [6.45, 7) is 0. The van der Waals surface area contributed by atoms with E-state index >= 15 is 0 Å². The minimum absolute atomic E-state index is 0.161. The first-order chi connectivity index (χ1) is 10.6. The SMILES string of the molecule is O=C1NC(=Nc2ccccc2Cl)SC1=Cc1ccccc1Br. The number of nitrogens with one attached hydrogen (secondary N) is 1. The molecule has 0 aliphatic carbocycles. The van der Waals surface area contributed by atoms with Crippen LogP contribution in [0.2, 0.25) is 5.02 Å². The number of amidine groups is 1. The van der Waals surface area contributed by atoms with E-state index in [1.165, 1.54) is 11.8 Å². The number of hydrogen-bond acceptors (Lipinski definition) is 3. The highest BCUT2D eigenvalue weighted by Gasteiger charge is 2.24. The minimum Gasteiger partial charge on any atom is -0.300 e. The van der Waals surface area contributed by atoms with Crippen LogP contribution in [0, 0.1) is 0 Å². The van der Waals surface area contributed by atoms with Crippen LogP contribution in [0.1, 0.15) is 5.56 Å². The van der Waals surface area contributed by atoms with E-state index in [2.05, 4.69) is 26.2 Å². The Morgan fingerprint density at radius 1 is 1.14 bits per heavy atom. The van der Waals surface area contributed by atoms with Crippen molar-refractivity contribution in [3.05, 3.63) is 68.5 Å². The molecule has 1 N–H and O–H groups in total. The van der Waals surface area contributed by atoms with Gasteiger partial charge in [-0.2, -0.15) is 0 Å². The van der Waals surface area contributed by atoms with Gasteiger partial charge in [-0.25, -0.2) is 4.99 Å². The van der Waals surface area contributed by atoms with E-state index in [0.717, 1.165) is 10.0 Å². The van der Waals surface area contributed by atoms with Crippen molar-refractivity contribution in [3.8, 4) is 0 Å². The summed E-state index contributed by atoms with van der Waals surface area (Å²) in [4.78, 5) is 17.0.